The van der Waals surface area contributed by atoms with Crippen molar-refractivity contribution in [3.05, 3.63) is 70.9 Å². The number of nitrogens with one attached hydrogen (secondary N) is 2. The summed E-state index contributed by atoms with van der Waals surface area (Å²) in [5.41, 5.74) is 1.14. The van der Waals surface area contributed by atoms with E-state index in [-0.39, 0.29) is 10.5 Å². The molecule has 0 radical (unpaired) electrons. The second kappa shape index (κ2) is 8.49. The van der Waals surface area contributed by atoms with E-state index in [9.17, 15) is 13.2 Å². The third-order valence-corrected chi connectivity index (χ3v) is 4.45. The molecule has 0 unspecified atom stereocenters. The SMILES string of the molecule is N#C/C(=C/NCc1ccc(Cl)cc1)C(=O)Nc1ccc(S(N)(=O)=O)cc1. The molecular weight excluding hydrogens is 376 g/mol. The first kappa shape index (κ1) is 19.5. The first-order chi connectivity index (χ1) is 12.3. The van der Waals surface area contributed by atoms with E-state index in [2.05, 4.69) is 10.6 Å². The van der Waals surface area contributed by atoms with Gasteiger partial charge in [0, 0.05) is 23.5 Å². The average molecular weight is 391 g/mol. The van der Waals surface area contributed by atoms with Gasteiger partial charge in [0.05, 0.1) is 4.90 Å². The molecule has 0 fully saturated rings. The summed E-state index contributed by atoms with van der Waals surface area (Å²) in [6, 6.07) is 14.2. The van der Waals surface area contributed by atoms with Crippen molar-refractivity contribution in [1.82, 2.24) is 5.32 Å². The highest BCUT2D eigenvalue weighted by Crippen LogP contribution is 2.13. The first-order valence-electron chi connectivity index (χ1n) is 7.32. The number of nitrogens with two attached hydrogens (primary N) is 1. The minimum absolute atomic E-state index is 0.0730. The highest BCUT2D eigenvalue weighted by atomic mass is 35.5. The van der Waals surface area contributed by atoms with E-state index in [0.717, 1.165) is 5.56 Å². The molecule has 7 nitrogen and oxygen atoms in total. The van der Waals surface area contributed by atoms with Gasteiger partial charge < -0.3 is 10.6 Å². The van der Waals surface area contributed by atoms with Gasteiger partial charge in [0.25, 0.3) is 5.91 Å². The van der Waals surface area contributed by atoms with Crippen molar-refractivity contribution in [2.75, 3.05) is 5.32 Å². The van der Waals surface area contributed by atoms with Crippen LogP contribution in [-0.4, -0.2) is 14.3 Å². The molecular formula is C17H15ClN4O3S. The van der Waals surface area contributed by atoms with Gasteiger partial charge in [-0.1, -0.05) is 23.7 Å². The quantitative estimate of drug-likeness (QED) is 0.514. The van der Waals surface area contributed by atoms with Crippen LogP contribution in [0.25, 0.3) is 0 Å². The number of halogens is 1. The number of amides is 1. The largest absolute Gasteiger partial charge is 0.386 e. The van der Waals surface area contributed by atoms with Gasteiger partial charge in [-0.25, -0.2) is 13.6 Å². The molecule has 134 valence electrons. The lowest BCUT2D eigenvalue weighted by molar-refractivity contribution is -0.112. The van der Waals surface area contributed by atoms with Gasteiger partial charge in [-0.15, -0.1) is 0 Å². The fraction of sp³-hybridized carbons (Fsp3) is 0.0588. The molecule has 0 bridgehead atoms. The lowest BCUT2D eigenvalue weighted by Crippen LogP contribution is -2.17. The van der Waals surface area contributed by atoms with Crippen LogP contribution in [0.4, 0.5) is 5.69 Å². The Balaban J connectivity index is 1.99. The summed E-state index contributed by atoms with van der Waals surface area (Å²) < 4.78 is 22.4. The van der Waals surface area contributed by atoms with Crippen molar-refractivity contribution in [2.45, 2.75) is 11.4 Å². The predicted molar refractivity (Wildman–Crippen MR) is 98.4 cm³/mol. The minimum atomic E-state index is -3.80. The molecule has 2 aromatic carbocycles. The molecule has 2 rings (SSSR count). The number of rotatable bonds is 6. The fourth-order valence-electron chi connectivity index (χ4n) is 1.95. The van der Waals surface area contributed by atoms with Gasteiger partial charge in [-0.2, -0.15) is 5.26 Å². The van der Waals surface area contributed by atoms with E-state index in [1.807, 2.05) is 12.1 Å². The van der Waals surface area contributed by atoms with Crippen LogP contribution in [0.2, 0.25) is 5.02 Å². The fourth-order valence-corrected chi connectivity index (χ4v) is 2.59. The number of sulfonamides is 1. The zero-order valence-electron chi connectivity index (χ0n) is 13.4. The van der Waals surface area contributed by atoms with E-state index < -0.39 is 15.9 Å². The minimum Gasteiger partial charge on any atom is -0.386 e. The zero-order chi connectivity index (χ0) is 19.2. The van der Waals surface area contributed by atoms with Crippen LogP contribution in [0.5, 0.6) is 0 Å². The second-order valence-electron chi connectivity index (χ2n) is 5.20. The van der Waals surface area contributed by atoms with Gasteiger partial charge in [-0.3, -0.25) is 4.79 Å². The second-order valence-corrected chi connectivity index (χ2v) is 7.20. The lowest BCUT2D eigenvalue weighted by atomic mass is 10.2. The summed E-state index contributed by atoms with van der Waals surface area (Å²) in [4.78, 5) is 12.0. The molecule has 0 atom stereocenters. The molecule has 0 aliphatic heterocycles. The number of nitriles is 1. The monoisotopic (exact) mass is 390 g/mol. The Morgan fingerprint density at radius 2 is 1.77 bits per heavy atom. The Morgan fingerprint density at radius 3 is 2.31 bits per heavy atom. The van der Waals surface area contributed by atoms with Gasteiger partial charge >= 0.3 is 0 Å². The Labute approximate surface area is 156 Å². The van der Waals surface area contributed by atoms with Crippen molar-refractivity contribution >= 4 is 33.2 Å². The third kappa shape index (κ3) is 5.60. The van der Waals surface area contributed by atoms with Crippen LogP contribution in [0, 0.1) is 11.3 Å². The van der Waals surface area contributed by atoms with Crippen molar-refractivity contribution in [1.29, 1.82) is 5.26 Å². The summed E-state index contributed by atoms with van der Waals surface area (Å²) in [6.07, 6.45) is 1.31. The molecule has 1 amide bonds. The van der Waals surface area contributed by atoms with Crippen LogP contribution in [0.3, 0.4) is 0 Å². The molecule has 0 saturated carbocycles. The van der Waals surface area contributed by atoms with E-state index in [1.54, 1.807) is 18.2 Å². The summed E-state index contributed by atoms with van der Waals surface area (Å²) in [7, 11) is -3.80. The van der Waals surface area contributed by atoms with Gasteiger partial charge in [0.15, 0.2) is 0 Å². The number of primary sulfonamides is 1. The van der Waals surface area contributed by atoms with Gasteiger partial charge in [0.1, 0.15) is 11.6 Å². The number of benzene rings is 2. The molecule has 9 heteroatoms. The Kier molecular flexibility index (Phi) is 6.36. The molecule has 4 N–H and O–H groups in total. The van der Waals surface area contributed by atoms with E-state index in [4.69, 9.17) is 22.0 Å². The van der Waals surface area contributed by atoms with E-state index in [1.165, 1.54) is 30.5 Å². The van der Waals surface area contributed by atoms with Crippen LogP contribution in [0.1, 0.15) is 5.56 Å². The Morgan fingerprint density at radius 1 is 1.15 bits per heavy atom. The number of hydrogen-bond donors (Lipinski definition) is 3. The van der Waals surface area contributed by atoms with E-state index in [0.29, 0.717) is 17.3 Å². The maximum Gasteiger partial charge on any atom is 0.267 e. The maximum absolute atomic E-state index is 12.1. The molecule has 26 heavy (non-hydrogen) atoms. The van der Waals surface area contributed by atoms with Gasteiger partial charge in [0.2, 0.25) is 10.0 Å². The number of hydrogen-bond acceptors (Lipinski definition) is 5. The Bertz CT molecular complexity index is 963. The van der Waals surface area contributed by atoms with Crippen molar-refractivity contribution < 1.29 is 13.2 Å². The molecule has 0 heterocycles. The number of carbonyl (C=O) groups is 1. The lowest BCUT2D eigenvalue weighted by Gasteiger charge is -2.06. The number of anilines is 1. The summed E-state index contributed by atoms with van der Waals surface area (Å²) in [5.74, 6) is -0.625. The molecule has 0 spiro atoms. The molecule has 0 saturated heterocycles. The third-order valence-electron chi connectivity index (χ3n) is 3.27. The topological polar surface area (TPSA) is 125 Å². The Hall–Kier alpha value is -2.86. The molecule has 0 aliphatic carbocycles. The number of carbonyl (C=O) groups excluding carboxylic acids is 1. The smallest absolute Gasteiger partial charge is 0.267 e. The molecule has 0 aromatic heterocycles. The zero-order valence-corrected chi connectivity index (χ0v) is 15.0. The summed E-state index contributed by atoms with van der Waals surface area (Å²) >= 11 is 5.80. The van der Waals surface area contributed by atoms with Crippen LogP contribution in [0.15, 0.2) is 65.2 Å². The molecule has 2 aromatic rings. The van der Waals surface area contributed by atoms with Crippen molar-refractivity contribution in [3.63, 3.8) is 0 Å². The average Bonchev–Trinajstić information content (AvgIpc) is 2.60. The maximum atomic E-state index is 12.1. The molecule has 0 aliphatic rings. The van der Waals surface area contributed by atoms with Crippen molar-refractivity contribution in [2.24, 2.45) is 5.14 Å². The van der Waals surface area contributed by atoms with Crippen LogP contribution >= 0.6 is 11.6 Å². The highest BCUT2D eigenvalue weighted by molar-refractivity contribution is 7.89. The number of nitrogens with zero attached hydrogens (tertiary/aromatic N) is 1. The van der Waals surface area contributed by atoms with Crippen molar-refractivity contribution in [3.8, 4) is 6.07 Å². The standard InChI is InChI=1S/C17H15ClN4O3S/c18-14-3-1-12(2-4-14)10-21-11-13(9-19)17(23)22-15-5-7-16(8-6-15)26(20,24)25/h1-8,11,21H,10H2,(H,22,23)(H2,20,24,25)/b13-11-. The normalized spacial score (nSPS) is 11.5. The summed E-state index contributed by atoms with van der Waals surface area (Å²) in [6.45, 7) is 0.415. The first-order valence-corrected chi connectivity index (χ1v) is 9.24. The predicted octanol–water partition coefficient (Wildman–Crippen LogP) is 2.12. The van der Waals surface area contributed by atoms with Crippen LogP contribution in [-0.2, 0) is 21.4 Å². The van der Waals surface area contributed by atoms with Crippen LogP contribution < -0.4 is 15.8 Å². The van der Waals surface area contributed by atoms with E-state index >= 15 is 0 Å². The van der Waals surface area contributed by atoms with Gasteiger partial charge in [-0.05, 0) is 42.0 Å². The highest BCUT2D eigenvalue weighted by Gasteiger charge is 2.11. The summed E-state index contributed by atoms with van der Waals surface area (Å²) in [5, 5.41) is 20.1.